The third-order valence-electron chi connectivity index (χ3n) is 2.90. The fourth-order valence-electron chi connectivity index (χ4n) is 1.87. The van der Waals surface area contributed by atoms with Crippen molar-refractivity contribution >= 4 is 21.8 Å². The van der Waals surface area contributed by atoms with Gasteiger partial charge in [-0.15, -0.1) is 0 Å². The lowest BCUT2D eigenvalue weighted by Crippen LogP contribution is -2.34. The fraction of sp³-hybridized carbons (Fsp3) is 0.357. The minimum absolute atomic E-state index is 0.130. The van der Waals surface area contributed by atoms with Crippen LogP contribution in [0.4, 0.5) is 0 Å². The molecule has 0 fully saturated rings. The molecule has 112 valence electrons. The van der Waals surface area contributed by atoms with Gasteiger partial charge < -0.3 is 14.2 Å². The maximum Gasteiger partial charge on any atom is 0.274 e. The zero-order valence-electron chi connectivity index (χ0n) is 12.0. The molecule has 0 saturated heterocycles. The normalized spacial score (nSPS) is 10.6. The number of hydrogen-bond acceptors (Lipinski definition) is 4. The minimum Gasteiger partial charge on any atom is -0.383 e. The Hall–Kier alpha value is -1.73. The summed E-state index contributed by atoms with van der Waals surface area (Å²) in [4.78, 5) is 22.7. The van der Waals surface area contributed by atoms with Gasteiger partial charge in [0.1, 0.15) is 10.3 Å². The van der Waals surface area contributed by atoms with Crippen LogP contribution in [0.5, 0.6) is 0 Å². The van der Waals surface area contributed by atoms with Gasteiger partial charge in [0.05, 0.1) is 25.2 Å². The molecule has 2 aromatic heterocycles. The van der Waals surface area contributed by atoms with Crippen molar-refractivity contribution in [1.29, 1.82) is 0 Å². The van der Waals surface area contributed by atoms with Gasteiger partial charge in [0.15, 0.2) is 0 Å². The third-order valence-corrected chi connectivity index (χ3v) is 3.34. The Morgan fingerprint density at radius 3 is 2.90 bits per heavy atom. The molecular weight excluding hydrogens is 336 g/mol. The molecule has 0 saturated carbocycles. The predicted molar refractivity (Wildman–Crippen MR) is 81.8 cm³/mol. The van der Waals surface area contributed by atoms with Crippen molar-refractivity contribution in [2.45, 2.75) is 6.54 Å². The predicted octanol–water partition coefficient (Wildman–Crippen LogP) is 1.87. The molecule has 0 aromatic carbocycles. The highest BCUT2D eigenvalue weighted by Gasteiger charge is 2.18. The second kappa shape index (κ2) is 7.33. The van der Waals surface area contributed by atoms with Crippen molar-refractivity contribution < 1.29 is 9.53 Å². The second-order valence-electron chi connectivity index (χ2n) is 4.60. The van der Waals surface area contributed by atoms with Crippen LogP contribution in [0.2, 0.25) is 0 Å². The van der Waals surface area contributed by atoms with Gasteiger partial charge in [-0.25, -0.2) is 9.97 Å². The minimum atomic E-state index is -0.130. The van der Waals surface area contributed by atoms with Gasteiger partial charge in [-0.1, -0.05) is 6.07 Å². The van der Waals surface area contributed by atoms with E-state index in [2.05, 4.69) is 25.9 Å². The van der Waals surface area contributed by atoms with Crippen LogP contribution in [0.1, 0.15) is 16.2 Å². The first kappa shape index (κ1) is 15.7. The second-order valence-corrected chi connectivity index (χ2v) is 5.41. The van der Waals surface area contributed by atoms with Crippen LogP contribution in [0.15, 0.2) is 35.3 Å². The van der Waals surface area contributed by atoms with Crippen LogP contribution in [0.25, 0.3) is 0 Å². The first-order valence-corrected chi connectivity index (χ1v) is 7.27. The molecule has 0 spiro atoms. The van der Waals surface area contributed by atoms with E-state index in [1.54, 1.807) is 29.1 Å². The zero-order valence-corrected chi connectivity index (χ0v) is 13.6. The summed E-state index contributed by atoms with van der Waals surface area (Å²) in [5.41, 5.74) is 1.23. The molecule has 2 rings (SSSR count). The van der Waals surface area contributed by atoms with Crippen LogP contribution in [0, 0.1) is 0 Å². The third kappa shape index (κ3) is 4.37. The van der Waals surface area contributed by atoms with E-state index in [0.717, 1.165) is 10.3 Å². The van der Waals surface area contributed by atoms with Crippen molar-refractivity contribution in [1.82, 2.24) is 19.4 Å². The van der Waals surface area contributed by atoms with E-state index >= 15 is 0 Å². The molecule has 0 aliphatic carbocycles. The number of ether oxygens (including phenoxy) is 1. The Morgan fingerprint density at radius 1 is 1.48 bits per heavy atom. The number of methoxy groups -OCH3 is 1. The monoisotopic (exact) mass is 352 g/mol. The van der Waals surface area contributed by atoms with Gasteiger partial charge in [-0.05, 0) is 28.1 Å². The van der Waals surface area contributed by atoms with Crippen molar-refractivity contribution in [3.63, 3.8) is 0 Å². The fourth-order valence-corrected chi connectivity index (χ4v) is 2.25. The van der Waals surface area contributed by atoms with E-state index < -0.39 is 0 Å². The maximum atomic E-state index is 12.5. The van der Waals surface area contributed by atoms with Gasteiger partial charge in [0.2, 0.25) is 0 Å². The zero-order chi connectivity index (χ0) is 15.2. The van der Waals surface area contributed by atoms with E-state index in [-0.39, 0.29) is 5.91 Å². The molecular formula is C14H17BrN4O2. The van der Waals surface area contributed by atoms with Crippen LogP contribution in [0.3, 0.4) is 0 Å². The topological polar surface area (TPSA) is 60.2 Å². The first-order valence-electron chi connectivity index (χ1n) is 6.47. The number of rotatable bonds is 6. The van der Waals surface area contributed by atoms with Gasteiger partial charge in [0.25, 0.3) is 5.91 Å². The molecule has 0 bridgehead atoms. The summed E-state index contributed by atoms with van der Waals surface area (Å²) < 4.78 is 7.57. The summed E-state index contributed by atoms with van der Waals surface area (Å²) in [5.74, 6) is -0.130. The Balaban J connectivity index is 2.15. The molecule has 21 heavy (non-hydrogen) atoms. The van der Waals surface area contributed by atoms with Crippen molar-refractivity contribution in [3.05, 3.63) is 46.7 Å². The summed E-state index contributed by atoms with van der Waals surface area (Å²) in [5, 5.41) is 0. The number of carbonyl (C=O) groups is 1. The van der Waals surface area contributed by atoms with Gasteiger partial charge >= 0.3 is 0 Å². The van der Waals surface area contributed by atoms with Gasteiger partial charge in [-0.2, -0.15) is 0 Å². The number of aryl methyl sites for hydroxylation is 1. The molecule has 6 nitrogen and oxygen atoms in total. The molecule has 0 radical (unpaired) electrons. The molecule has 0 aliphatic heterocycles. The molecule has 0 aliphatic rings. The van der Waals surface area contributed by atoms with E-state index in [4.69, 9.17) is 4.74 Å². The molecule has 0 unspecified atom stereocenters. The molecule has 1 amide bonds. The summed E-state index contributed by atoms with van der Waals surface area (Å²) in [6.07, 6.45) is 3.32. The van der Waals surface area contributed by atoms with E-state index in [1.165, 1.54) is 0 Å². The van der Waals surface area contributed by atoms with Crippen molar-refractivity contribution in [2.24, 2.45) is 7.05 Å². The lowest BCUT2D eigenvalue weighted by atomic mass is 10.3. The van der Waals surface area contributed by atoms with Crippen LogP contribution >= 0.6 is 15.9 Å². The Bertz CT molecular complexity index is 615. The molecule has 7 heteroatoms. The Kier molecular flexibility index (Phi) is 5.46. The molecule has 0 atom stereocenters. The number of aromatic nitrogens is 3. The average Bonchev–Trinajstić information content (AvgIpc) is 2.89. The SMILES string of the molecule is COCCN(Cc1cccc(Br)n1)C(=O)c1cn(C)cn1. The number of pyridine rings is 1. The highest BCUT2D eigenvalue weighted by Crippen LogP contribution is 2.11. The largest absolute Gasteiger partial charge is 0.383 e. The first-order chi connectivity index (χ1) is 10.1. The summed E-state index contributed by atoms with van der Waals surface area (Å²) in [7, 11) is 3.44. The van der Waals surface area contributed by atoms with Crippen LogP contribution in [-0.2, 0) is 18.3 Å². The van der Waals surface area contributed by atoms with Gasteiger partial charge in [-0.3, -0.25) is 4.79 Å². The Morgan fingerprint density at radius 2 is 2.29 bits per heavy atom. The summed E-state index contributed by atoms with van der Waals surface area (Å²) in [6, 6.07) is 5.63. The smallest absolute Gasteiger partial charge is 0.274 e. The molecule has 2 heterocycles. The molecule has 2 aromatic rings. The highest BCUT2D eigenvalue weighted by atomic mass is 79.9. The van der Waals surface area contributed by atoms with Crippen molar-refractivity contribution in [3.8, 4) is 0 Å². The van der Waals surface area contributed by atoms with Gasteiger partial charge in [0, 0.05) is 26.9 Å². The van der Waals surface area contributed by atoms with E-state index in [0.29, 0.717) is 25.4 Å². The quantitative estimate of drug-likeness (QED) is 0.744. The van der Waals surface area contributed by atoms with Crippen molar-refractivity contribution in [2.75, 3.05) is 20.3 Å². The summed E-state index contributed by atoms with van der Waals surface area (Å²) >= 11 is 3.34. The number of carbonyl (C=O) groups excluding carboxylic acids is 1. The van der Waals surface area contributed by atoms with Crippen LogP contribution in [-0.4, -0.2) is 45.6 Å². The van der Waals surface area contributed by atoms with Crippen LogP contribution < -0.4 is 0 Å². The number of halogens is 1. The lowest BCUT2D eigenvalue weighted by Gasteiger charge is -2.21. The Labute approximate surface area is 131 Å². The standard InChI is InChI=1S/C14H17BrN4O2/c1-18-9-12(16-10-18)14(20)19(6-7-21-2)8-11-4-3-5-13(15)17-11/h3-5,9-10H,6-8H2,1-2H3. The highest BCUT2D eigenvalue weighted by molar-refractivity contribution is 9.10. The lowest BCUT2D eigenvalue weighted by molar-refractivity contribution is 0.0672. The number of nitrogens with zero attached hydrogens (tertiary/aromatic N) is 4. The van der Waals surface area contributed by atoms with E-state index in [9.17, 15) is 4.79 Å². The van der Waals surface area contributed by atoms with E-state index in [1.807, 2.05) is 25.2 Å². The summed E-state index contributed by atoms with van der Waals surface area (Å²) in [6.45, 7) is 1.37. The maximum absolute atomic E-state index is 12.5. The molecule has 0 N–H and O–H groups in total. The number of amides is 1. The number of hydrogen-bond donors (Lipinski definition) is 0. The number of imidazole rings is 1. The average molecular weight is 353 g/mol.